The van der Waals surface area contributed by atoms with E-state index in [9.17, 15) is 0 Å². The second kappa shape index (κ2) is 3.46. The lowest BCUT2D eigenvalue weighted by molar-refractivity contribution is 0.288. The van der Waals surface area contributed by atoms with Crippen molar-refractivity contribution in [1.29, 1.82) is 0 Å². The second-order valence-electron chi connectivity index (χ2n) is 3.91. The fourth-order valence-corrected chi connectivity index (χ4v) is 1.44. The summed E-state index contributed by atoms with van der Waals surface area (Å²) in [5.41, 5.74) is 0. The van der Waals surface area contributed by atoms with Crippen molar-refractivity contribution < 1.29 is 4.52 Å². The number of rotatable bonds is 3. The average Bonchev–Trinajstić information content (AvgIpc) is 2.31. The van der Waals surface area contributed by atoms with Crippen LogP contribution in [-0.2, 0) is 6.54 Å². The molecule has 1 aliphatic carbocycles. The SMILES string of the molecule is CN(C)Cc1noc(C2CCC2)n1. The summed E-state index contributed by atoms with van der Waals surface area (Å²) in [7, 11) is 4.00. The van der Waals surface area contributed by atoms with Gasteiger partial charge in [0.2, 0.25) is 5.89 Å². The van der Waals surface area contributed by atoms with Crippen LogP contribution in [0.25, 0.3) is 0 Å². The topological polar surface area (TPSA) is 42.2 Å². The third-order valence-corrected chi connectivity index (χ3v) is 2.40. The van der Waals surface area contributed by atoms with E-state index in [0.29, 0.717) is 5.92 Å². The Balaban J connectivity index is 2.00. The van der Waals surface area contributed by atoms with E-state index >= 15 is 0 Å². The summed E-state index contributed by atoms with van der Waals surface area (Å²) >= 11 is 0. The van der Waals surface area contributed by atoms with Gasteiger partial charge in [0, 0.05) is 5.92 Å². The summed E-state index contributed by atoms with van der Waals surface area (Å²) in [5, 5.41) is 3.93. The highest BCUT2D eigenvalue weighted by molar-refractivity contribution is 4.97. The van der Waals surface area contributed by atoms with Gasteiger partial charge in [-0.1, -0.05) is 11.6 Å². The molecule has 1 aliphatic rings. The predicted molar refractivity (Wildman–Crippen MR) is 48.3 cm³/mol. The Morgan fingerprint density at radius 1 is 1.46 bits per heavy atom. The van der Waals surface area contributed by atoms with Crippen LogP contribution in [0, 0.1) is 0 Å². The molecular weight excluding hydrogens is 166 g/mol. The molecule has 1 aromatic rings. The Morgan fingerprint density at radius 2 is 2.23 bits per heavy atom. The van der Waals surface area contributed by atoms with Gasteiger partial charge in [0.1, 0.15) is 0 Å². The van der Waals surface area contributed by atoms with Gasteiger partial charge in [0.15, 0.2) is 5.82 Å². The molecule has 0 amide bonds. The van der Waals surface area contributed by atoms with Gasteiger partial charge in [-0.15, -0.1) is 0 Å². The van der Waals surface area contributed by atoms with Gasteiger partial charge in [-0.25, -0.2) is 0 Å². The van der Waals surface area contributed by atoms with Crippen molar-refractivity contribution >= 4 is 0 Å². The highest BCUT2D eigenvalue weighted by Gasteiger charge is 2.25. The number of nitrogens with zero attached hydrogens (tertiary/aromatic N) is 3. The lowest BCUT2D eigenvalue weighted by Gasteiger charge is -2.20. The van der Waals surface area contributed by atoms with E-state index in [1.165, 1.54) is 19.3 Å². The van der Waals surface area contributed by atoms with E-state index in [0.717, 1.165) is 18.3 Å². The monoisotopic (exact) mass is 181 g/mol. The van der Waals surface area contributed by atoms with Crippen LogP contribution in [0.3, 0.4) is 0 Å². The fraction of sp³-hybridized carbons (Fsp3) is 0.778. The van der Waals surface area contributed by atoms with Crippen molar-refractivity contribution in [3.63, 3.8) is 0 Å². The average molecular weight is 181 g/mol. The van der Waals surface area contributed by atoms with Crippen LogP contribution in [-0.4, -0.2) is 29.1 Å². The van der Waals surface area contributed by atoms with Crippen LogP contribution in [0.1, 0.15) is 36.9 Å². The molecule has 4 nitrogen and oxygen atoms in total. The van der Waals surface area contributed by atoms with Gasteiger partial charge in [0.25, 0.3) is 0 Å². The molecule has 4 heteroatoms. The first kappa shape index (κ1) is 8.69. The van der Waals surface area contributed by atoms with Crippen molar-refractivity contribution in [3.8, 4) is 0 Å². The minimum atomic E-state index is 0.545. The molecular formula is C9H15N3O. The Hall–Kier alpha value is -0.900. The van der Waals surface area contributed by atoms with E-state index in [4.69, 9.17) is 4.52 Å². The molecule has 1 saturated carbocycles. The first-order chi connectivity index (χ1) is 6.25. The minimum Gasteiger partial charge on any atom is -0.339 e. The van der Waals surface area contributed by atoms with E-state index in [1.54, 1.807) is 0 Å². The van der Waals surface area contributed by atoms with Gasteiger partial charge < -0.3 is 9.42 Å². The Morgan fingerprint density at radius 3 is 2.77 bits per heavy atom. The maximum Gasteiger partial charge on any atom is 0.229 e. The Bertz CT molecular complexity index is 278. The van der Waals surface area contributed by atoms with Crippen LogP contribution < -0.4 is 0 Å². The van der Waals surface area contributed by atoms with Crippen LogP contribution in [0.15, 0.2) is 4.52 Å². The summed E-state index contributed by atoms with van der Waals surface area (Å²) in [6.07, 6.45) is 3.73. The van der Waals surface area contributed by atoms with Crippen LogP contribution in [0.2, 0.25) is 0 Å². The molecule has 13 heavy (non-hydrogen) atoms. The number of hydrogen-bond donors (Lipinski definition) is 0. The molecule has 72 valence electrons. The van der Waals surface area contributed by atoms with E-state index < -0.39 is 0 Å². The quantitative estimate of drug-likeness (QED) is 0.706. The third-order valence-electron chi connectivity index (χ3n) is 2.40. The van der Waals surface area contributed by atoms with Crippen molar-refractivity contribution in [2.75, 3.05) is 14.1 Å². The zero-order chi connectivity index (χ0) is 9.26. The molecule has 1 aromatic heterocycles. The van der Waals surface area contributed by atoms with Gasteiger partial charge in [0.05, 0.1) is 6.54 Å². The van der Waals surface area contributed by atoms with Gasteiger partial charge in [-0.2, -0.15) is 4.98 Å². The molecule has 0 spiro atoms. The normalized spacial score (nSPS) is 17.8. The lowest BCUT2D eigenvalue weighted by Crippen LogP contribution is -2.12. The third kappa shape index (κ3) is 1.88. The van der Waals surface area contributed by atoms with Crippen LogP contribution >= 0.6 is 0 Å². The number of aromatic nitrogens is 2. The first-order valence-corrected chi connectivity index (χ1v) is 4.73. The molecule has 0 radical (unpaired) electrons. The Kier molecular flexibility index (Phi) is 2.31. The summed E-state index contributed by atoms with van der Waals surface area (Å²) in [6, 6.07) is 0. The zero-order valence-corrected chi connectivity index (χ0v) is 8.16. The van der Waals surface area contributed by atoms with Crippen molar-refractivity contribution in [2.24, 2.45) is 0 Å². The molecule has 0 bridgehead atoms. The molecule has 0 unspecified atom stereocenters. The predicted octanol–water partition coefficient (Wildman–Crippen LogP) is 1.40. The maximum absolute atomic E-state index is 5.18. The second-order valence-corrected chi connectivity index (χ2v) is 3.91. The van der Waals surface area contributed by atoms with E-state index in [-0.39, 0.29) is 0 Å². The summed E-state index contributed by atoms with van der Waals surface area (Å²) in [4.78, 5) is 6.39. The highest BCUT2D eigenvalue weighted by atomic mass is 16.5. The fourth-order valence-electron chi connectivity index (χ4n) is 1.44. The van der Waals surface area contributed by atoms with Crippen LogP contribution in [0.4, 0.5) is 0 Å². The molecule has 0 N–H and O–H groups in total. The molecule has 1 fully saturated rings. The summed E-state index contributed by atoms with van der Waals surface area (Å²) < 4.78 is 5.18. The zero-order valence-electron chi connectivity index (χ0n) is 8.16. The molecule has 1 heterocycles. The highest BCUT2D eigenvalue weighted by Crippen LogP contribution is 2.35. The van der Waals surface area contributed by atoms with Gasteiger partial charge >= 0.3 is 0 Å². The lowest BCUT2D eigenvalue weighted by atomic mass is 9.85. The largest absolute Gasteiger partial charge is 0.339 e. The maximum atomic E-state index is 5.18. The molecule has 0 saturated heterocycles. The van der Waals surface area contributed by atoms with Crippen molar-refractivity contribution in [2.45, 2.75) is 31.7 Å². The molecule has 2 rings (SSSR count). The minimum absolute atomic E-state index is 0.545. The molecule has 0 aliphatic heterocycles. The molecule has 0 atom stereocenters. The summed E-state index contributed by atoms with van der Waals surface area (Å²) in [6.45, 7) is 0.760. The summed E-state index contributed by atoms with van der Waals surface area (Å²) in [5.74, 6) is 2.18. The van der Waals surface area contributed by atoms with Crippen molar-refractivity contribution in [1.82, 2.24) is 15.0 Å². The van der Waals surface area contributed by atoms with E-state index in [1.807, 2.05) is 19.0 Å². The first-order valence-electron chi connectivity index (χ1n) is 4.73. The Labute approximate surface area is 77.9 Å². The smallest absolute Gasteiger partial charge is 0.229 e. The van der Waals surface area contributed by atoms with Crippen molar-refractivity contribution in [3.05, 3.63) is 11.7 Å². The number of hydrogen-bond acceptors (Lipinski definition) is 4. The van der Waals surface area contributed by atoms with Gasteiger partial charge in [-0.3, -0.25) is 0 Å². The van der Waals surface area contributed by atoms with Gasteiger partial charge in [-0.05, 0) is 26.9 Å². The molecule has 0 aromatic carbocycles. The van der Waals surface area contributed by atoms with Crippen LogP contribution in [0.5, 0.6) is 0 Å². The standard InChI is InChI=1S/C9H15N3O/c1-12(2)6-8-10-9(13-11-8)7-4-3-5-7/h7H,3-6H2,1-2H3. The van der Waals surface area contributed by atoms with E-state index in [2.05, 4.69) is 10.1 Å².